The second-order valence-electron chi connectivity index (χ2n) is 11.5. The molecule has 236 valence electrons. The van der Waals surface area contributed by atoms with Crippen molar-refractivity contribution in [3.8, 4) is 34.2 Å². The lowest BCUT2D eigenvalue weighted by atomic mass is 10.0. The highest BCUT2D eigenvalue weighted by molar-refractivity contribution is 5.95. The molecule has 0 aliphatic heterocycles. The van der Waals surface area contributed by atoms with E-state index in [1.165, 1.54) is 18.3 Å². The first-order chi connectivity index (χ1) is 21.8. The Kier molecular flexibility index (Phi) is 8.94. The molecular weight excluding hydrogens is 595 g/mol. The highest BCUT2D eigenvalue weighted by atomic mass is 19.1. The molecule has 5 aromatic rings. The number of aromatic amines is 1. The zero-order chi connectivity index (χ0) is 33.0. The maximum absolute atomic E-state index is 15.2. The van der Waals surface area contributed by atoms with E-state index in [0.717, 1.165) is 17.2 Å². The van der Waals surface area contributed by atoms with Crippen molar-refractivity contribution < 1.29 is 33.1 Å². The van der Waals surface area contributed by atoms with Crippen LogP contribution in [0, 0.1) is 12.7 Å². The van der Waals surface area contributed by atoms with Crippen LogP contribution in [0.5, 0.6) is 0 Å². The first-order valence-electron chi connectivity index (χ1n) is 14.2. The number of hydrogen-bond acceptors (Lipinski definition) is 8. The average molecular weight is 627 g/mol. The molecule has 0 aliphatic carbocycles. The molecule has 4 N–H and O–H groups in total. The maximum atomic E-state index is 15.2. The molecule has 2 heterocycles. The number of ether oxygens (including phenoxy) is 1. The average Bonchev–Trinajstić information content (AvgIpc) is 3.68. The molecule has 3 aromatic carbocycles. The molecule has 0 spiro atoms. The monoisotopic (exact) mass is 626 g/mol. The fourth-order valence-corrected chi connectivity index (χ4v) is 4.40. The summed E-state index contributed by atoms with van der Waals surface area (Å²) in [6.07, 6.45) is 0.548. The van der Waals surface area contributed by atoms with E-state index in [9.17, 15) is 19.5 Å². The van der Waals surface area contributed by atoms with Crippen LogP contribution in [-0.2, 0) is 16.0 Å². The van der Waals surface area contributed by atoms with E-state index in [2.05, 4.69) is 30.7 Å². The molecule has 0 aliphatic rings. The van der Waals surface area contributed by atoms with E-state index < -0.39 is 35.4 Å². The molecule has 5 rings (SSSR count). The summed E-state index contributed by atoms with van der Waals surface area (Å²) < 4.78 is 25.7. The van der Waals surface area contributed by atoms with Gasteiger partial charge in [0.25, 0.3) is 11.8 Å². The second kappa shape index (κ2) is 13.0. The molecule has 1 unspecified atom stereocenters. The van der Waals surface area contributed by atoms with Gasteiger partial charge in [0.15, 0.2) is 0 Å². The topological polar surface area (TPSA) is 172 Å². The largest absolute Gasteiger partial charge is 0.480 e. The number of rotatable bonds is 9. The third-order valence-electron chi connectivity index (χ3n) is 6.67. The van der Waals surface area contributed by atoms with Gasteiger partial charge in [-0.15, -0.1) is 0 Å². The molecule has 0 saturated carbocycles. The fourth-order valence-electron chi connectivity index (χ4n) is 4.40. The van der Waals surface area contributed by atoms with Gasteiger partial charge in [-0.2, -0.15) is 4.98 Å². The van der Waals surface area contributed by atoms with Gasteiger partial charge < -0.3 is 24.7 Å². The van der Waals surface area contributed by atoms with Gasteiger partial charge in [-0.25, -0.2) is 19.0 Å². The lowest BCUT2D eigenvalue weighted by Crippen LogP contribution is -2.42. The number of halogens is 1. The number of nitrogens with zero attached hydrogens (tertiary/aromatic N) is 3. The Morgan fingerprint density at radius 2 is 1.72 bits per heavy atom. The highest BCUT2D eigenvalue weighted by Gasteiger charge is 2.24. The predicted molar refractivity (Wildman–Crippen MR) is 166 cm³/mol. The van der Waals surface area contributed by atoms with E-state index in [-0.39, 0.29) is 29.4 Å². The van der Waals surface area contributed by atoms with E-state index in [1.54, 1.807) is 45.0 Å². The van der Waals surface area contributed by atoms with Gasteiger partial charge in [0.2, 0.25) is 5.82 Å². The van der Waals surface area contributed by atoms with E-state index in [1.807, 2.05) is 31.2 Å². The SMILES string of the molecule is Cc1ccc(-c2ncc(C(=O)NC(Cc3ccc(-c4noc(-c5ccc(NC(=O)OC(C)(C)C)cc5)n4)c(F)c3)C(=O)O)[nH]2)cc1. The first kappa shape index (κ1) is 31.6. The molecule has 1 atom stereocenters. The molecule has 2 aromatic heterocycles. The summed E-state index contributed by atoms with van der Waals surface area (Å²) in [5.41, 5.74) is 2.69. The van der Waals surface area contributed by atoms with Crippen LogP contribution in [-0.4, -0.2) is 54.8 Å². The number of carboxylic acids is 1. The normalized spacial score (nSPS) is 11.9. The number of aryl methyl sites for hydroxylation is 1. The number of hydrogen-bond donors (Lipinski definition) is 4. The summed E-state index contributed by atoms with van der Waals surface area (Å²) in [6, 6.07) is 16.9. The minimum atomic E-state index is -1.34. The Labute approximate surface area is 263 Å². The predicted octanol–water partition coefficient (Wildman–Crippen LogP) is 6.01. The molecule has 12 nitrogen and oxygen atoms in total. The van der Waals surface area contributed by atoms with Crippen molar-refractivity contribution in [3.05, 3.63) is 95.6 Å². The summed E-state index contributed by atoms with van der Waals surface area (Å²) >= 11 is 0. The fraction of sp³-hybridized carbons (Fsp3) is 0.212. The standard InChI is InChI=1S/C33H31FN6O6/c1-18-5-8-20(9-6-18)27-35-17-26(37-27)29(41)38-25(31(42)43)16-19-7-14-23(24(34)15-19)28-39-30(46-40-28)21-10-12-22(13-11-21)36-32(44)45-33(2,3)4/h5-15,17,25H,16H2,1-4H3,(H,35,37)(H,36,44)(H,38,41)(H,42,43). The van der Waals surface area contributed by atoms with Crippen LogP contribution in [0.4, 0.5) is 14.9 Å². The highest BCUT2D eigenvalue weighted by Crippen LogP contribution is 2.26. The number of aliphatic carboxylic acids is 1. The summed E-state index contributed by atoms with van der Waals surface area (Å²) in [5, 5.41) is 18.7. The van der Waals surface area contributed by atoms with Gasteiger partial charge >= 0.3 is 12.1 Å². The number of aromatic nitrogens is 4. The third kappa shape index (κ3) is 7.80. The summed E-state index contributed by atoms with van der Waals surface area (Å²) in [4.78, 5) is 48.2. The van der Waals surface area contributed by atoms with Gasteiger partial charge in [-0.1, -0.05) is 41.1 Å². The number of carbonyl (C=O) groups is 3. The number of carboxylic acid groups (broad SMARTS) is 1. The van der Waals surface area contributed by atoms with Crippen LogP contribution in [0.15, 0.2) is 77.4 Å². The van der Waals surface area contributed by atoms with Gasteiger partial charge in [0.05, 0.1) is 11.8 Å². The third-order valence-corrected chi connectivity index (χ3v) is 6.67. The lowest BCUT2D eigenvalue weighted by molar-refractivity contribution is -0.139. The van der Waals surface area contributed by atoms with Crippen LogP contribution in [0.25, 0.3) is 34.2 Å². The number of imidazole rings is 1. The number of benzene rings is 3. The van der Waals surface area contributed by atoms with Crippen molar-refractivity contribution in [1.29, 1.82) is 0 Å². The molecule has 0 radical (unpaired) electrons. The Morgan fingerprint density at radius 1 is 1.02 bits per heavy atom. The smallest absolute Gasteiger partial charge is 0.412 e. The molecular formula is C33H31FN6O6. The number of amides is 2. The lowest BCUT2D eigenvalue weighted by Gasteiger charge is -2.19. The number of nitrogens with one attached hydrogen (secondary N) is 3. The second-order valence-corrected chi connectivity index (χ2v) is 11.5. The maximum Gasteiger partial charge on any atom is 0.412 e. The van der Waals surface area contributed by atoms with Crippen LogP contribution >= 0.6 is 0 Å². The molecule has 0 saturated heterocycles. The molecule has 46 heavy (non-hydrogen) atoms. The molecule has 2 amide bonds. The van der Waals surface area contributed by atoms with Gasteiger partial charge in [0, 0.05) is 23.2 Å². The van der Waals surface area contributed by atoms with Crippen LogP contribution in [0.1, 0.15) is 42.4 Å². The van der Waals surface area contributed by atoms with Crippen molar-refractivity contribution in [2.24, 2.45) is 0 Å². The van der Waals surface area contributed by atoms with Crippen molar-refractivity contribution in [3.63, 3.8) is 0 Å². The number of anilines is 1. The van der Waals surface area contributed by atoms with Gasteiger partial charge in [0.1, 0.15) is 29.0 Å². The minimum Gasteiger partial charge on any atom is -0.480 e. The van der Waals surface area contributed by atoms with Crippen molar-refractivity contribution in [2.75, 3.05) is 5.32 Å². The number of carbonyl (C=O) groups excluding carboxylic acids is 2. The quantitative estimate of drug-likeness (QED) is 0.153. The molecule has 0 bridgehead atoms. The van der Waals surface area contributed by atoms with E-state index in [4.69, 9.17) is 9.26 Å². The first-order valence-corrected chi connectivity index (χ1v) is 14.2. The molecule has 0 fully saturated rings. The Morgan fingerprint density at radius 3 is 2.37 bits per heavy atom. The Hall–Kier alpha value is -5.85. The van der Waals surface area contributed by atoms with Crippen LogP contribution in [0.3, 0.4) is 0 Å². The molecule has 13 heteroatoms. The van der Waals surface area contributed by atoms with E-state index >= 15 is 4.39 Å². The summed E-state index contributed by atoms with van der Waals surface area (Å²) in [5.74, 6) is -2.07. The zero-order valence-electron chi connectivity index (χ0n) is 25.4. The minimum absolute atomic E-state index is 0.0123. The summed E-state index contributed by atoms with van der Waals surface area (Å²) in [6.45, 7) is 7.24. The number of H-pyrrole nitrogens is 1. The zero-order valence-corrected chi connectivity index (χ0v) is 25.4. The Balaban J connectivity index is 1.23. The van der Waals surface area contributed by atoms with Gasteiger partial charge in [-0.3, -0.25) is 10.1 Å². The van der Waals surface area contributed by atoms with Gasteiger partial charge in [-0.05, 0) is 69.7 Å². The van der Waals surface area contributed by atoms with Crippen LogP contribution < -0.4 is 10.6 Å². The van der Waals surface area contributed by atoms with Crippen molar-refractivity contribution >= 4 is 23.7 Å². The van der Waals surface area contributed by atoms with Crippen molar-refractivity contribution in [2.45, 2.75) is 45.8 Å². The summed E-state index contributed by atoms with van der Waals surface area (Å²) in [7, 11) is 0. The van der Waals surface area contributed by atoms with E-state index in [0.29, 0.717) is 22.6 Å². The van der Waals surface area contributed by atoms with Crippen molar-refractivity contribution in [1.82, 2.24) is 25.4 Å². The Bertz CT molecular complexity index is 1880. The van der Waals surface area contributed by atoms with Crippen LogP contribution in [0.2, 0.25) is 0 Å².